The van der Waals surface area contributed by atoms with Gasteiger partial charge in [0.05, 0.1) is 33.4 Å². The molecule has 0 amide bonds. The average Bonchev–Trinajstić information content (AvgIpc) is 0.766. The second-order valence-corrected chi connectivity index (χ2v) is 24.5. The molecule has 0 unspecified atom stereocenters. The van der Waals surface area contributed by atoms with Crippen LogP contribution in [0.1, 0.15) is 0 Å². The molecule has 5 heterocycles. The molecule has 0 atom stereocenters. The Morgan fingerprint density at radius 2 is 0.739 bits per heavy atom. The van der Waals surface area contributed by atoms with Gasteiger partial charge >= 0.3 is 0 Å². The first-order chi connectivity index (χ1) is 45.7. The van der Waals surface area contributed by atoms with Gasteiger partial charge in [-0.15, -0.1) is 0 Å². The van der Waals surface area contributed by atoms with E-state index in [0.717, 1.165) is 155 Å². The summed E-state index contributed by atoms with van der Waals surface area (Å²) in [6.45, 7) is -0.229. The highest BCUT2D eigenvalue weighted by molar-refractivity contribution is 6.99. The molecule has 92 heavy (non-hydrogen) atoms. The first-order valence-corrected chi connectivity index (χ1v) is 31.7. The highest BCUT2D eigenvalue weighted by atomic mass is 16.5. The van der Waals surface area contributed by atoms with Crippen LogP contribution in [-0.2, 0) is 0 Å². The quantitative estimate of drug-likeness (QED) is 0.118. The number of benzene rings is 15. The van der Waals surface area contributed by atoms with E-state index in [2.05, 4.69) is 329 Å². The van der Waals surface area contributed by atoms with Gasteiger partial charge in [0.25, 0.3) is 6.71 Å². The summed E-state index contributed by atoms with van der Waals surface area (Å²) in [6, 6.07) is 116. The van der Waals surface area contributed by atoms with E-state index < -0.39 is 0 Å². The highest BCUT2D eigenvalue weighted by Crippen LogP contribution is 2.53. The van der Waals surface area contributed by atoms with Crippen molar-refractivity contribution in [3.8, 4) is 67.4 Å². The van der Waals surface area contributed by atoms with Gasteiger partial charge < -0.3 is 23.2 Å². The SMILES string of the molecule is c1ccc(-c2cccc(-c3ccccc3)c2N2c3cc(-c4c5ccccc5c(-c5cccc6c5oc5ccccc56)c5ccccc45)ccc3B3c4ccc(-n5c6ccccc6c6ccccc65)cc4Oc4cc(-n5c6ccccc6c6ccccc65)cc2c43)cc1. The normalized spacial score (nSPS) is 12.6. The lowest BCUT2D eigenvalue weighted by Crippen LogP contribution is -2.59. The summed E-state index contributed by atoms with van der Waals surface area (Å²) in [6.07, 6.45) is 0. The Kier molecular flexibility index (Phi) is 10.9. The molecule has 3 aromatic heterocycles. The van der Waals surface area contributed by atoms with Gasteiger partial charge in [0.2, 0.25) is 0 Å². The van der Waals surface area contributed by atoms with Crippen molar-refractivity contribution in [2.75, 3.05) is 4.90 Å². The van der Waals surface area contributed by atoms with Gasteiger partial charge in [-0.05, 0) is 109 Å². The fourth-order valence-corrected chi connectivity index (χ4v) is 15.9. The van der Waals surface area contributed by atoms with E-state index in [0.29, 0.717) is 0 Å². The van der Waals surface area contributed by atoms with Crippen LogP contribution in [0, 0.1) is 0 Å². The van der Waals surface area contributed by atoms with Crippen molar-refractivity contribution in [3.05, 3.63) is 315 Å². The average molecular weight is 1170 g/mol. The maximum atomic E-state index is 7.70. The summed E-state index contributed by atoms with van der Waals surface area (Å²) in [4.78, 5) is 2.61. The number of furan rings is 1. The summed E-state index contributed by atoms with van der Waals surface area (Å²) >= 11 is 0. The third kappa shape index (κ3) is 7.31. The van der Waals surface area contributed by atoms with Crippen LogP contribution in [0.3, 0.4) is 0 Å². The van der Waals surface area contributed by atoms with Crippen LogP contribution in [0.15, 0.2) is 320 Å². The minimum absolute atomic E-state index is 0.229. The highest BCUT2D eigenvalue weighted by Gasteiger charge is 2.44. The number of ether oxygens (including phenoxy) is 1. The number of para-hydroxylation sites is 7. The van der Waals surface area contributed by atoms with Crippen molar-refractivity contribution in [1.29, 1.82) is 0 Å². The van der Waals surface area contributed by atoms with Crippen LogP contribution in [0.2, 0.25) is 0 Å². The smallest absolute Gasteiger partial charge is 0.256 e. The van der Waals surface area contributed by atoms with Crippen LogP contribution in [0.4, 0.5) is 17.1 Å². The molecule has 0 radical (unpaired) electrons. The second-order valence-electron chi connectivity index (χ2n) is 24.5. The minimum atomic E-state index is -0.229. The zero-order valence-corrected chi connectivity index (χ0v) is 49.8. The third-order valence-electron chi connectivity index (χ3n) is 19.7. The maximum absolute atomic E-state index is 7.70. The van der Waals surface area contributed by atoms with Gasteiger partial charge in [0.1, 0.15) is 22.7 Å². The van der Waals surface area contributed by atoms with Gasteiger partial charge in [-0.1, -0.05) is 255 Å². The van der Waals surface area contributed by atoms with Crippen molar-refractivity contribution in [1.82, 2.24) is 9.13 Å². The summed E-state index contributed by atoms with van der Waals surface area (Å²) in [5.74, 6) is 1.65. The molecule has 2 aliphatic rings. The molecule has 0 saturated carbocycles. The van der Waals surface area contributed by atoms with Gasteiger partial charge in [-0.3, -0.25) is 0 Å². The van der Waals surface area contributed by atoms with Crippen molar-refractivity contribution < 1.29 is 9.15 Å². The number of hydrogen-bond acceptors (Lipinski definition) is 3. The Hall–Kier alpha value is -12.1. The van der Waals surface area contributed by atoms with Crippen LogP contribution >= 0.6 is 0 Å². The standard InChI is InChI=1S/C86H52BN3O2/c1-3-23-53(24-4-1)58-36-21-37-59(54-25-5-2-6-26-54)85(58)90-77-49-55(82-65-32-7-9-34-67(65)83(68-35-10-8-33-66(68)82)70-39-22-38-69-64-31-15-20-44-79(64)92-86(69)70)45-47-71(77)87-72-48-46-56(88-73-40-16-11-27-60(73)61-28-12-17-41-74(61)88)51-80(72)91-81-52-57(50-78(90)84(81)87)89-75-42-18-13-29-62(75)63-30-14-19-43-76(63)89/h1-52H. The minimum Gasteiger partial charge on any atom is -0.458 e. The van der Waals surface area contributed by atoms with E-state index in [-0.39, 0.29) is 6.71 Å². The second kappa shape index (κ2) is 19.7. The molecular formula is C86H52BN3O2. The molecular weight excluding hydrogens is 1120 g/mol. The van der Waals surface area contributed by atoms with Crippen LogP contribution in [0.5, 0.6) is 11.5 Å². The molecule has 0 aliphatic carbocycles. The fraction of sp³-hybridized carbons (Fsp3) is 0. The van der Waals surface area contributed by atoms with Gasteiger partial charge in [0, 0.05) is 83.8 Å². The Morgan fingerprint density at radius 1 is 0.283 bits per heavy atom. The van der Waals surface area contributed by atoms with Crippen molar-refractivity contribution in [2.24, 2.45) is 0 Å². The first-order valence-electron chi connectivity index (χ1n) is 31.7. The van der Waals surface area contributed by atoms with E-state index in [4.69, 9.17) is 9.15 Å². The van der Waals surface area contributed by atoms with Crippen molar-refractivity contribution in [2.45, 2.75) is 0 Å². The number of nitrogens with zero attached hydrogens (tertiary/aromatic N) is 3. The van der Waals surface area contributed by atoms with E-state index >= 15 is 0 Å². The van der Waals surface area contributed by atoms with Gasteiger partial charge in [-0.25, -0.2) is 0 Å². The fourth-order valence-electron chi connectivity index (χ4n) is 15.9. The largest absolute Gasteiger partial charge is 0.458 e. The number of fused-ring (bicyclic) bond motifs is 15. The number of rotatable bonds is 7. The molecule has 2 aliphatic heterocycles. The number of hydrogen-bond donors (Lipinski definition) is 0. The molecule has 0 saturated heterocycles. The Bertz CT molecular complexity index is 5910. The number of anilines is 3. The topological polar surface area (TPSA) is 35.5 Å². The van der Waals surface area contributed by atoms with E-state index in [1.165, 1.54) is 32.6 Å². The summed E-state index contributed by atoms with van der Waals surface area (Å²) < 4.78 is 19.4. The molecule has 5 nitrogen and oxygen atoms in total. The third-order valence-corrected chi connectivity index (χ3v) is 19.7. The predicted molar refractivity (Wildman–Crippen MR) is 385 cm³/mol. The lowest BCUT2D eigenvalue weighted by atomic mass is 9.34. The molecule has 18 aromatic rings. The van der Waals surface area contributed by atoms with Crippen LogP contribution in [0.25, 0.3) is 143 Å². The van der Waals surface area contributed by atoms with Crippen LogP contribution in [-0.4, -0.2) is 15.8 Å². The zero-order valence-electron chi connectivity index (χ0n) is 49.8. The van der Waals surface area contributed by atoms with E-state index in [1.807, 2.05) is 0 Å². The molecule has 15 aromatic carbocycles. The maximum Gasteiger partial charge on any atom is 0.256 e. The monoisotopic (exact) mass is 1170 g/mol. The first kappa shape index (κ1) is 50.8. The Balaban J connectivity index is 0.907. The Morgan fingerprint density at radius 3 is 1.33 bits per heavy atom. The molecule has 0 bridgehead atoms. The molecule has 6 heteroatoms. The zero-order chi connectivity index (χ0) is 60.1. The van der Waals surface area contributed by atoms with Gasteiger partial charge in [-0.2, -0.15) is 0 Å². The Labute approximate surface area is 530 Å². The van der Waals surface area contributed by atoms with Crippen LogP contribution < -0.4 is 26.0 Å². The summed E-state index contributed by atoms with van der Waals surface area (Å²) in [5, 5.41) is 11.7. The lowest BCUT2D eigenvalue weighted by molar-refractivity contribution is 0.487. The predicted octanol–water partition coefficient (Wildman–Crippen LogP) is 21.2. The van der Waals surface area contributed by atoms with Crippen molar-refractivity contribution >= 4 is 127 Å². The molecule has 0 spiro atoms. The summed E-state index contributed by atoms with van der Waals surface area (Å²) in [5.41, 5.74) is 24.0. The van der Waals surface area contributed by atoms with Gasteiger partial charge in [0.15, 0.2) is 0 Å². The molecule has 0 N–H and O–H groups in total. The number of aromatic nitrogens is 2. The van der Waals surface area contributed by atoms with Crippen molar-refractivity contribution in [3.63, 3.8) is 0 Å². The molecule has 426 valence electrons. The lowest BCUT2D eigenvalue weighted by Gasteiger charge is -2.42. The van der Waals surface area contributed by atoms with E-state index in [9.17, 15) is 0 Å². The molecule has 20 rings (SSSR count). The summed E-state index contributed by atoms with van der Waals surface area (Å²) in [7, 11) is 0. The van der Waals surface area contributed by atoms with E-state index in [1.54, 1.807) is 0 Å². The molecule has 0 fully saturated rings.